The molecule has 0 N–H and O–H groups in total. The zero-order valence-corrected chi connectivity index (χ0v) is 15.6. The van der Waals surface area contributed by atoms with Crippen molar-refractivity contribution >= 4 is 17.7 Å². The summed E-state index contributed by atoms with van der Waals surface area (Å²) in [6, 6.07) is -0.629. The first kappa shape index (κ1) is 18.2. The molecule has 0 aromatic rings. The van der Waals surface area contributed by atoms with Gasteiger partial charge in [0.1, 0.15) is 6.04 Å². The normalized spacial score (nSPS) is 30.8. The Bertz CT molecular complexity index is 557. The van der Waals surface area contributed by atoms with E-state index in [0.29, 0.717) is 25.2 Å². The van der Waals surface area contributed by atoms with Gasteiger partial charge in [0.2, 0.25) is 17.7 Å². The third kappa shape index (κ3) is 3.51. The van der Waals surface area contributed by atoms with Crippen molar-refractivity contribution in [1.29, 1.82) is 0 Å². The second kappa shape index (κ2) is 7.30. The van der Waals surface area contributed by atoms with E-state index in [1.807, 2.05) is 30.9 Å². The molecule has 2 aliphatic heterocycles. The predicted molar refractivity (Wildman–Crippen MR) is 95.4 cm³/mol. The summed E-state index contributed by atoms with van der Waals surface area (Å²) in [6.07, 6.45) is 7.90. The summed E-state index contributed by atoms with van der Waals surface area (Å²) in [5.74, 6) is -0.104. The third-order valence-electron chi connectivity index (χ3n) is 5.80. The van der Waals surface area contributed by atoms with Crippen LogP contribution in [-0.2, 0) is 14.4 Å². The van der Waals surface area contributed by atoms with Gasteiger partial charge in [0.25, 0.3) is 0 Å². The van der Waals surface area contributed by atoms with Gasteiger partial charge in [-0.05, 0) is 43.9 Å². The minimum Gasteiger partial charge on any atom is -0.341 e. The Labute approximate surface area is 150 Å². The molecule has 0 bridgehead atoms. The van der Waals surface area contributed by atoms with Crippen LogP contribution in [0.5, 0.6) is 0 Å². The third-order valence-corrected chi connectivity index (χ3v) is 5.80. The molecule has 1 aliphatic carbocycles. The maximum atomic E-state index is 13.2. The van der Waals surface area contributed by atoms with Gasteiger partial charge in [0.15, 0.2) is 0 Å². The summed E-state index contributed by atoms with van der Waals surface area (Å²) in [6.45, 7) is 7.71. The molecule has 0 aromatic heterocycles. The van der Waals surface area contributed by atoms with Gasteiger partial charge >= 0.3 is 0 Å². The minimum atomic E-state index is -0.629. The van der Waals surface area contributed by atoms with Crippen molar-refractivity contribution < 1.29 is 14.4 Å². The lowest BCUT2D eigenvalue weighted by atomic mass is 9.85. The van der Waals surface area contributed by atoms with Crippen molar-refractivity contribution in [3.63, 3.8) is 0 Å². The van der Waals surface area contributed by atoms with E-state index >= 15 is 0 Å². The predicted octanol–water partition coefficient (Wildman–Crippen LogP) is 2.61. The van der Waals surface area contributed by atoms with Crippen LogP contribution in [0.4, 0.5) is 0 Å². The van der Waals surface area contributed by atoms with E-state index in [0.717, 1.165) is 25.9 Å². The minimum absolute atomic E-state index is 0.0337. The number of piperidine rings is 1. The summed E-state index contributed by atoms with van der Waals surface area (Å²) in [7, 11) is 0. The number of hydrogen-bond acceptors (Lipinski definition) is 3. The van der Waals surface area contributed by atoms with Crippen LogP contribution >= 0.6 is 0 Å². The Kier molecular flexibility index (Phi) is 5.30. The van der Waals surface area contributed by atoms with E-state index in [1.54, 1.807) is 0 Å². The summed E-state index contributed by atoms with van der Waals surface area (Å²) < 4.78 is 0. The van der Waals surface area contributed by atoms with Crippen LogP contribution in [0.25, 0.3) is 0 Å². The average molecular weight is 346 g/mol. The van der Waals surface area contributed by atoms with Crippen molar-refractivity contribution in [2.24, 2.45) is 23.7 Å². The summed E-state index contributed by atoms with van der Waals surface area (Å²) in [4.78, 5) is 42.3. The maximum absolute atomic E-state index is 13.2. The lowest BCUT2D eigenvalue weighted by Crippen LogP contribution is -2.53. The standard InChI is InChI=1S/C20H30N2O3/c1-13(2)11-17(20(25)21-10-6-7-14(3)12-21)22-18(23)15-8-4-5-9-16(15)19(22)24/h4-5,13-17H,6-12H2,1-3H3. The van der Waals surface area contributed by atoms with Gasteiger partial charge in [-0.2, -0.15) is 0 Å². The molecular weight excluding hydrogens is 316 g/mol. The molecule has 2 heterocycles. The van der Waals surface area contributed by atoms with Crippen LogP contribution in [-0.4, -0.2) is 46.7 Å². The van der Waals surface area contributed by atoms with E-state index in [1.165, 1.54) is 4.90 Å². The molecular formula is C20H30N2O3. The van der Waals surface area contributed by atoms with E-state index in [9.17, 15) is 14.4 Å². The molecule has 25 heavy (non-hydrogen) atoms. The number of nitrogens with zero attached hydrogens (tertiary/aromatic N) is 2. The number of rotatable bonds is 4. The number of fused-ring (bicyclic) bond motifs is 1. The molecule has 5 nitrogen and oxygen atoms in total. The van der Waals surface area contributed by atoms with Gasteiger partial charge in [-0.3, -0.25) is 19.3 Å². The number of likely N-dealkylation sites (tertiary alicyclic amines) is 2. The first-order valence-electron chi connectivity index (χ1n) is 9.70. The van der Waals surface area contributed by atoms with Gasteiger partial charge in [-0.1, -0.05) is 32.9 Å². The second-order valence-electron chi connectivity index (χ2n) is 8.38. The van der Waals surface area contributed by atoms with Crippen molar-refractivity contribution in [1.82, 2.24) is 9.80 Å². The number of carbonyl (C=O) groups excluding carboxylic acids is 3. The Morgan fingerprint density at radius 2 is 1.76 bits per heavy atom. The molecule has 2 fully saturated rings. The lowest BCUT2D eigenvalue weighted by molar-refractivity contribution is -0.153. The van der Waals surface area contributed by atoms with E-state index in [2.05, 4.69) is 6.92 Å². The fourth-order valence-electron chi connectivity index (χ4n) is 4.50. The highest BCUT2D eigenvalue weighted by Gasteiger charge is 2.51. The number of imide groups is 1. The topological polar surface area (TPSA) is 57.7 Å². The Morgan fingerprint density at radius 3 is 2.28 bits per heavy atom. The quantitative estimate of drug-likeness (QED) is 0.581. The molecule has 4 atom stereocenters. The van der Waals surface area contributed by atoms with Gasteiger partial charge in [0.05, 0.1) is 11.8 Å². The highest BCUT2D eigenvalue weighted by Crippen LogP contribution is 2.37. The second-order valence-corrected chi connectivity index (χ2v) is 8.38. The number of carbonyl (C=O) groups is 3. The van der Waals surface area contributed by atoms with E-state index in [4.69, 9.17) is 0 Å². The van der Waals surface area contributed by atoms with Gasteiger partial charge in [-0.15, -0.1) is 0 Å². The van der Waals surface area contributed by atoms with Crippen molar-refractivity contribution in [2.75, 3.05) is 13.1 Å². The smallest absolute Gasteiger partial charge is 0.245 e. The largest absolute Gasteiger partial charge is 0.341 e. The van der Waals surface area contributed by atoms with Gasteiger partial charge in [0, 0.05) is 13.1 Å². The Morgan fingerprint density at radius 1 is 1.16 bits per heavy atom. The lowest BCUT2D eigenvalue weighted by Gasteiger charge is -2.36. The summed E-state index contributed by atoms with van der Waals surface area (Å²) in [5, 5.41) is 0. The van der Waals surface area contributed by atoms with Crippen LogP contribution in [0.2, 0.25) is 0 Å². The fraction of sp³-hybridized carbons (Fsp3) is 0.750. The molecule has 0 aromatic carbocycles. The van der Waals surface area contributed by atoms with Crippen LogP contribution in [0.3, 0.4) is 0 Å². The first-order valence-corrected chi connectivity index (χ1v) is 9.70. The molecule has 138 valence electrons. The van der Waals surface area contributed by atoms with Gasteiger partial charge in [-0.25, -0.2) is 0 Å². The average Bonchev–Trinajstić information content (AvgIpc) is 2.84. The zero-order valence-electron chi connectivity index (χ0n) is 15.6. The Balaban J connectivity index is 1.84. The number of allylic oxidation sites excluding steroid dienone is 2. The van der Waals surface area contributed by atoms with Crippen LogP contribution in [0.15, 0.2) is 12.2 Å². The van der Waals surface area contributed by atoms with Crippen LogP contribution in [0.1, 0.15) is 52.9 Å². The summed E-state index contributed by atoms with van der Waals surface area (Å²) in [5.41, 5.74) is 0. The number of amides is 3. The molecule has 0 spiro atoms. The van der Waals surface area contributed by atoms with Crippen molar-refractivity contribution in [2.45, 2.75) is 58.9 Å². The zero-order chi connectivity index (χ0) is 18.1. The molecule has 5 heteroatoms. The SMILES string of the molecule is CC(C)CC(C(=O)N1CCCC(C)C1)N1C(=O)C2CC=CCC2C1=O. The Hall–Kier alpha value is -1.65. The maximum Gasteiger partial charge on any atom is 0.245 e. The van der Waals surface area contributed by atoms with Crippen LogP contribution in [0, 0.1) is 23.7 Å². The molecule has 4 unspecified atom stereocenters. The first-order chi connectivity index (χ1) is 11.9. The molecule has 0 radical (unpaired) electrons. The van der Waals surface area contributed by atoms with Gasteiger partial charge < -0.3 is 4.90 Å². The van der Waals surface area contributed by atoms with E-state index in [-0.39, 0.29) is 35.5 Å². The molecule has 3 rings (SSSR count). The van der Waals surface area contributed by atoms with Crippen LogP contribution < -0.4 is 0 Å². The highest BCUT2D eigenvalue weighted by atomic mass is 16.2. The number of hydrogen-bond donors (Lipinski definition) is 0. The monoisotopic (exact) mass is 346 g/mol. The van der Waals surface area contributed by atoms with Crippen molar-refractivity contribution in [3.8, 4) is 0 Å². The van der Waals surface area contributed by atoms with E-state index < -0.39 is 6.04 Å². The molecule has 3 aliphatic rings. The fourth-order valence-corrected chi connectivity index (χ4v) is 4.50. The molecule has 0 saturated carbocycles. The molecule has 2 saturated heterocycles. The van der Waals surface area contributed by atoms with Crippen molar-refractivity contribution in [3.05, 3.63) is 12.2 Å². The molecule has 3 amide bonds. The summed E-state index contributed by atoms with van der Waals surface area (Å²) >= 11 is 0. The highest BCUT2D eigenvalue weighted by molar-refractivity contribution is 6.08.